The van der Waals surface area contributed by atoms with E-state index in [0.29, 0.717) is 0 Å². The Morgan fingerprint density at radius 1 is 1.18 bits per heavy atom. The number of aliphatic hydroxyl groups is 1. The van der Waals surface area contributed by atoms with Gasteiger partial charge in [-0.2, -0.15) is 0 Å². The van der Waals surface area contributed by atoms with Gasteiger partial charge in [-0.05, 0) is 96.0 Å². The Bertz CT molecular complexity index is 1040. The monoisotopic (exact) mass is 578 g/mol. The van der Waals surface area contributed by atoms with Crippen molar-refractivity contribution >= 4 is 37.4 Å². The highest BCUT2D eigenvalue weighted by molar-refractivity contribution is 7.09. The number of thiazole rings is 1. The third-order valence-corrected chi connectivity index (χ3v) is 13.7. The predicted molar refractivity (Wildman–Crippen MR) is 167 cm³/mol. The molecule has 222 valence electrons. The number of nitrogens with two attached hydrogens (primary N) is 1. The SMILES string of the molecule is CC(=CC[C@H](O[Si](C)(C)C(C)(C)C)C(C)=Cc1csc(C)n1)CCC[C@H](C)[C@H](O)[C@@H](C)C(=O)C(C)(C)C(N)=O. The number of allylic oxidation sites excluding steroid dienone is 1. The van der Waals surface area contributed by atoms with Crippen molar-refractivity contribution in [3.8, 4) is 0 Å². The number of carbonyl (C=O) groups excluding carboxylic acids is 2. The largest absolute Gasteiger partial charge is 0.410 e. The number of carbonyl (C=O) groups is 2. The van der Waals surface area contributed by atoms with Crippen molar-refractivity contribution in [2.45, 2.75) is 125 Å². The minimum Gasteiger partial charge on any atom is -0.410 e. The molecule has 1 aromatic rings. The smallest absolute Gasteiger partial charge is 0.230 e. The van der Waals surface area contributed by atoms with Crippen LogP contribution in [0.25, 0.3) is 6.08 Å². The fourth-order valence-electron chi connectivity index (χ4n) is 4.25. The van der Waals surface area contributed by atoms with Crippen LogP contribution >= 0.6 is 11.3 Å². The van der Waals surface area contributed by atoms with Crippen molar-refractivity contribution < 1.29 is 19.1 Å². The molecule has 0 fully saturated rings. The van der Waals surface area contributed by atoms with Crippen LogP contribution < -0.4 is 5.73 Å². The molecule has 0 aliphatic carbocycles. The fourth-order valence-corrected chi connectivity index (χ4v) is 6.17. The van der Waals surface area contributed by atoms with Crippen molar-refractivity contribution in [3.63, 3.8) is 0 Å². The van der Waals surface area contributed by atoms with Crippen LogP contribution in [0.3, 0.4) is 0 Å². The van der Waals surface area contributed by atoms with E-state index in [4.69, 9.17) is 10.2 Å². The van der Waals surface area contributed by atoms with Gasteiger partial charge in [0, 0.05) is 11.3 Å². The maximum Gasteiger partial charge on any atom is 0.230 e. The maximum absolute atomic E-state index is 12.7. The highest BCUT2D eigenvalue weighted by Gasteiger charge is 2.41. The molecule has 8 heteroatoms. The highest BCUT2D eigenvalue weighted by Crippen LogP contribution is 2.39. The molecule has 0 aliphatic heterocycles. The van der Waals surface area contributed by atoms with Gasteiger partial charge in [-0.15, -0.1) is 11.3 Å². The summed E-state index contributed by atoms with van der Waals surface area (Å²) in [6.45, 7) is 24.4. The average Bonchev–Trinajstić information content (AvgIpc) is 3.23. The lowest BCUT2D eigenvalue weighted by atomic mass is 9.76. The molecule has 0 radical (unpaired) electrons. The third kappa shape index (κ3) is 10.4. The number of aliphatic hydroxyl groups excluding tert-OH is 1. The summed E-state index contributed by atoms with van der Waals surface area (Å²) in [5.74, 6) is -1.69. The summed E-state index contributed by atoms with van der Waals surface area (Å²) in [6.07, 6.45) is 7.01. The lowest BCUT2D eigenvalue weighted by molar-refractivity contribution is -0.143. The molecule has 0 bridgehead atoms. The second kappa shape index (κ2) is 14.3. The number of hydrogen-bond donors (Lipinski definition) is 2. The number of nitrogens with zero attached hydrogens (tertiary/aromatic N) is 1. The zero-order chi connectivity index (χ0) is 30.3. The number of amides is 1. The Morgan fingerprint density at radius 3 is 2.26 bits per heavy atom. The molecule has 0 spiro atoms. The summed E-state index contributed by atoms with van der Waals surface area (Å²) in [4.78, 5) is 29.0. The number of hydrogen-bond acceptors (Lipinski definition) is 6. The summed E-state index contributed by atoms with van der Waals surface area (Å²) in [5, 5.41) is 14.0. The first-order valence-electron chi connectivity index (χ1n) is 14.2. The van der Waals surface area contributed by atoms with Crippen LogP contribution in [0.5, 0.6) is 0 Å². The number of ketones is 1. The molecule has 0 aliphatic rings. The Labute approximate surface area is 242 Å². The normalized spacial score (nSPS) is 17.1. The minimum absolute atomic E-state index is 0.0101. The Hall–Kier alpha value is -1.61. The van der Waals surface area contributed by atoms with E-state index in [-0.39, 0.29) is 22.8 Å². The van der Waals surface area contributed by atoms with Crippen LogP contribution in [0, 0.1) is 24.2 Å². The van der Waals surface area contributed by atoms with E-state index in [1.54, 1.807) is 18.3 Å². The first kappa shape index (κ1) is 35.4. The molecular formula is C31H54N2O4SSi. The second-order valence-corrected chi connectivity index (χ2v) is 19.2. The van der Waals surface area contributed by atoms with Crippen molar-refractivity contribution in [2.75, 3.05) is 0 Å². The number of aromatic nitrogens is 1. The summed E-state index contributed by atoms with van der Waals surface area (Å²) in [6, 6.07) is 0. The topological polar surface area (TPSA) is 103 Å². The second-order valence-electron chi connectivity index (χ2n) is 13.3. The summed E-state index contributed by atoms with van der Waals surface area (Å²) in [7, 11) is -1.98. The van der Waals surface area contributed by atoms with Gasteiger partial charge in [0.1, 0.15) is 5.41 Å². The van der Waals surface area contributed by atoms with Gasteiger partial charge in [0.05, 0.1) is 22.9 Å². The van der Waals surface area contributed by atoms with E-state index in [1.165, 1.54) is 25.0 Å². The van der Waals surface area contributed by atoms with Gasteiger partial charge < -0.3 is 15.3 Å². The summed E-state index contributed by atoms with van der Waals surface area (Å²) in [5.41, 5.74) is 7.57. The standard InChI is InChI=1S/C31H54N2O4SSi/c1-20(14-13-15-21(2)27(34)23(4)28(35)31(9,10)29(32)36)16-17-26(37-39(11,12)30(6,7)8)22(3)18-25-19-38-24(5)33-25/h16,18-19,21,23,26-27,34H,13-15,17H2,1-12H3,(H2,32,36)/t21-,23+,26-,27-/m0/s1. The number of aryl methyl sites for hydroxylation is 1. The fraction of sp³-hybridized carbons (Fsp3) is 0.710. The Balaban J connectivity index is 2.86. The minimum atomic E-state index is -1.98. The van der Waals surface area contributed by atoms with Gasteiger partial charge in [0.25, 0.3) is 0 Å². The quantitative estimate of drug-likeness (QED) is 0.128. The van der Waals surface area contributed by atoms with Gasteiger partial charge >= 0.3 is 0 Å². The van der Waals surface area contributed by atoms with Crippen molar-refractivity contribution in [2.24, 2.45) is 23.0 Å². The molecule has 0 aromatic carbocycles. The van der Waals surface area contributed by atoms with Gasteiger partial charge in [0.2, 0.25) is 5.91 Å². The van der Waals surface area contributed by atoms with Gasteiger partial charge in [-0.1, -0.05) is 46.3 Å². The Kier molecular flexibility index (Phi) is 13.0. The van der Waals surface area contributed by atoms with E-state index in [0.717, 1.165) is 36.4 Å². The maximum atomic E-state index is 12.7. The lowest BCUT2D eigenvalue weighted by Gasteiger charge is -2.39. The third-order valence-electron chi connectivity index (χ3n) is 8.42. The molecular weight excluding hydrogens is 525 g/mol. The molecule has 1 aromatic heterocycles. The molecule has 0 saturated heterocycles. The molecule has 0 unspecified atom stereocenters. The van der Waals surface area contributed by atoms with Crippen molar-refractivity contribution in [3.05, 3.63) is 33.3 Å². The van der Waals surface area contributed by atoms with E-state index in [9.17, 15) is 14.7 Å². The van der Waals surface area contributed by atoms with Gasteiger partial charge in [-0.25, -0.2) is 4.98 Å². The number of rotatable bonds is 15. The molecule has 3 N–H and O–H groups in total. The van der Waals surface area contributed by atoms with Crippen LogP contribution in [-0.2, 0) is 14.0 Å². The van der Waals surface area contributed by atoms with Gasteiger partial charge in [0.15, 0.2) is 14.1 Å². The van der Waals surface area contributed by atoms with E-state index in [2.05, 4.69) is 70.2 Å². The van der Waals surface area contributed by atoms with Crippen LogP contribution in [0.15, 0.2) is 22.6 Å². The Morgan fingerprint density at radius 2 is 1.77 bits per heavy atom. The molecule has 1 heterocycles. The molecule has 1 amide bonds. The number of primary amides is 1. The van der Waals surface area contributed by atoms with Crippen LogP contribution in [0.4, 0.5) is 0 Å². The van der Waals surface area contributed by atoms with E-state index < -0.39 is 31.7 Å². The average molecular weight is 579 g/mol. The lowest BCUT2D eigenvalue weighted by Crippen LogP contribution is -2.45. The van der Waals surface area contributed by atoms with Crippen molar-refractivity contribution in [1.82, 2.24) is 4.98 Å². The zero-order valence-corrected chi connectivity index (χ0v) is 28.3. The first-order valence-corrected chi connectivity index (χ1v) is 18.0. The number of Topliss-reactive ketones (excluding diaryl/α,β-unsaturated/α-hetero) is 1. The predicted octanol–water partition coefficient (Wildman–Crippen LogP) is 7.47. The van der Waals surface area contributed by atoms with Crippen LogP contribution in [-0.4, -0.2) is 42.3 Å². The zero-order valence-electron chi connectivity index (χ0n) is 26.5. The molecule has 0 saturated carbocycles. The molecule has 39 heavy (non-hydrogen) atoms. The summed E-state index contributed by atoms with van der Waals surface area (Å²) >= 11 is 1.66. The van der Waals surface area contributed by atoms with Gasteiger partial charge in [-0.3, -0.25) is 9.59 Å². The van der Waals surface area contributed by atoms with Crippen LogP contribution in [0.2, 0.25) is 18.1 Å². The highest BCUT2D eigenvalue weighted by atomic mass is 32.1. The molecule has 6 nitrogen and oxygen atoms in total. The first-order chi connectivity index (χ1) is 17.7. The molecule has 4 atom stereocenters. The van der Waals surface area contributed by atoms with Crippen molar-refractivity contribution in [1.29, 1.82) is 0 Å². The summed E-state index contributed by atoms with van der Waals surface area (Å²) < 4.78 is 6.86. The molecule has 1 rings (SSSR count). The van der Waals surface area contributed by atoms with Crippen LogP contribution in [0.1, 0.15) is 98.7 Å². The van der Waals surface area contributed by atoms with E-state index >= 15 is 0 Å². The van der Waals surface area contributed by atoms with E-state index in [1.807, 2.05) is 13.8 Å².